The van der Waals surface area contributed by atoms with Crippen LogP contribution in [-0.2, 0) is 20.7 Å². The van der Waals surface area contributed by atoms with Crippen LogP contribution in [0.3, 0.4) is 0 Å². The van der Waals surface area contributed by atoms with Crippen molar-refractivity contribution in [3.8, 4) is 5.75 Å². The van der Waals surface area contributed by atoms with Crippen molar-refractivity contribution in [2.45, 2.75) is 6.42 Å². The van der Waals surface area contributed by atoms with E-state index in [2.05, 4.69) is 15.5 Å². The molecule has 2 aromatic rings. The number of benzene rings is 2. The van der Waals surface area contributed by atoms with Crippen molar-refractivity contribution in [1.29, 1.82) is 0 Å². The summed E-state index contributed by atoms with van der Waals surface area (Å²) in [6.45, 7) is 3.16. The predicted molar refractivity (Wildman–Crippen MR) is 108 cm³/mol. The van der Waals surface area contributed by atoms with Gasteiger partial charge in [0, 0.05) is 19.6 Å². The second kappa shape index (κ2) is 9.75. The molecule has 2 N–H and O–H groups in total. The van der Waals surface area contributed by atoms with Crippen LogP contribution in [0.5, 0.6) is 5.75 Å². The van der Waals surface area contributed by atoms with Crippen LogP contribution < -0.4 is 20.3 Å². The quantitative estimate of drug-likeness (QED) is 0.744. The lowest BCUT2D eigenvalue weighted by Gasteiger charge is -2.30. The van der Waals surface area contributed by atoms with Gasteiger partial charge in [-0.05, 0) is 36.2 Å². The standard InChI is InChI=1S/C21H25N3O4/c1-27-17-6-4-5-16(15-17)9-10-22-20(25)21(26)23-18-7-2-3-8-19(18)24-11-13-28-14-12-24/h2-8,15H,9-14H2,1H3,(H,22,25)(H,23,26). The normalized spacial score (nSPS) is 13.7. The van der Waals surface area contributed by atoms with Crippen LogP contribution in [0.25, 0.3) is 0 Å². The summed E-state index contributed by atoms with van der Waals surface area (Å²) in [5.74, 6) is -0.563. The third-order valence-electron chi connectivity index (χ3n) is 4.54. The van der Waals surface area contributed by atoms with Gasteiger partial charge in [0.25, 0.3) is 0 Å². The van der Waals surface area contributed by atoms with Gasteiger partial charge in [-0.15, -0.1) is 0 Å². The fourth-order valence-corrected chi connectivity index (χ4v) is 3.07. The number of para-hydroxylation sites is 2. The summed E-state index contributed by atoms with van der Waals surface area (Å²) in [6, 6.07) is 15.1. The van der Waals surface area contributed by atoms with Gasteiger partial charge in [0.15, 0.2) is 0 Å². The minimum atomic E-state index is -0.675. The molecule has 3 rings (SSSR count). The molecule has 0 saturated carbocycles. The van der Waals surface area contributed by atoms with E-state index in [4.69, 9.17) is 9.47 Å². The molecule has 7 heteroatoms. The fraction of sp³-hybridized carbons (Fsp3) is 0.333. The van der Waals surface area contributed by atoms with Crippen LogP contribution in [0.2, 0.25) is 0 Å². The van der Waals surface area contributed by atoms with Crippen LogP contribution >= 0.6 is 0 Å². The number of morpholine rings is 1. The van der Waals surface area contributed by atoms with E-state index in [1.54, 1.807) is 13.2 Å². The van der Waals surface area contributed by atoms with Crippen molar-refractivity contribution < 1.29 is 19.1 Å². The summed E-state index contributed by atoms with van der Waals surface area (Å²) in [6.07, 6.45) is 0.612. The number of methoxy groups -OCH3 is 1. The van der Waals surface area contributed by atoms with Gasteiger partial charge in [0.05, 0.1) is 31.7 Å². The molecule has 7 nitrogen and oxygen atoms in total. The first-order valence-electron chi connectivity index (χ1n) is 9.31. The van der Waals surface area contributed by atoms with Gasteiger partial charge in [-0.25, -0.2) is 0 Å². The van der Waals surface area contributed by atoms with Gasteiger partial charge in [0.2, 0.25) is 0 Å². The Morgan fingerprint density at radius 2 is 1.86 bits per heavy atom. The summed E-state index contributed by atoms with van der Waals surface area (Å²) in [4.78, 5) is 26.6. The molecule has 1 saturated heterocycles. The zero-order valence-electron chi connectivity index (χ0n) is 15.9. The van der Waals surface area contributed by atoms with Gasteiger partial charge in [-0.3, -0.25) is 9.59 Å². The van der Waals surface area contributed by atoms with Crippen LogP contribution in [0.15, 0.2) is 48.5 Å². The Hall–Kier alpha value is -3.06. The Bertz CT molecular complexity index is 819. The number of rotatable bonds is 6. The number of amides is 2. The number of carbonyl (C=O) groups is 2. The van der Waals surface area contributed by atoms with Crippen molar-refractivity contribution >= 4 is 23.2 Å². The predicted octanol–water partition coefficient (Wildman–Crippen LogP) is 1.83. The third kappa shape index (κ3) is 5.23. The maximum atomic E-state index is 12.3. The van der Waals surface area contributed by atoms with Crippen molar-refractivity contribution in [1.82, 2.24) is 5.32 Å². The maximum Gasteiger partial charge on any atom is 0.313 e. The highest BCUT2D eigenvalue weighted by atomic mass is 16.5. The SMILES string of the molecule is COc1cccc(CCNC(=O)C(=O)Nc2ccccc2N2CCOCC2)c1. The fourth-order valence-electron chi connectivity index (χ4n) is 3.07. The number of carbonyl (C=O) groups excluding carboxylic acids is 2. The molecule has 1 fully saturated rings. The summed E-state index contributed by atoms with van der Waals surface area (Å²) >= 11 is 0. The van der Waals surface area contributed by atoms with E-state index >= 15 is 0 Å². The van der Waals surface area contributed by atoms with Crippen LogP contribution in [0.1, 0.15) is 5.56 Å². The average molecular weight is 383 g/mol. The Labute approximate surface area is 164 Å². The lowest BCUT2D eigenvalue weighted by Crippen LogP contribution is -2.38. The number of hydrogen-bond acceptors (Lipinski definition) is 5. The molecule has 0 aliphatic carbocycles. The zero-order chi connectivity index (χ0) is 19.8. The highest BCUT2D eigenvalue weighted by Crippen LogP contribution is 2.26. The van der Waals surface area contributed by atoms with Gasteiger partial charge in [-0.1, -0.05) is 24.3 Å². The molecular weight excluding hydrogens is 358 g/mol. The van der Waals surface area contributed by atoms with Crippen LogP contribution in [0.4, 0.5) is 11.4 Å². The van der Waals surface area contributed by atoms with Crippen LogP contribution in [-0.4, -0.2) is 51.8 Å². The first kappa shape index (κ1) is 19.7. The molecular formula is C21H25N3O4. The first-order chi connectivity index (χ1) is 13.7. The number of ether oxygens (including phenoxy) is 2. The Morgan fingerprint density at radius 1 is 1.07 bits per heavy atom. The Morgan fingerprint density at radius 3 is 2.64 bits per heavy atom. The Balaban J connectivity index is 1.53. The molecule has 0 spiro atoms. The maximum absolute atomic E-state index is 12.3. The van der Waals surface area contributed by atoms with Gasteiger partial charge in [-0.2, -0.15) is 0 Å². The summed E-state index contributed by atoms with van der Waals surface area (Å²) in [7, 11) is 1.61. The van der Waals surface area contributed by atoms with E-state index in [9.17, 15) is 9.59 Å². The molecule has 0 unspecified atom stereocenters. The minimum Gasteiger partial charge on any atom is -0.497 e. The molecule has 28 heavy (non-hydrogen) atoms. The van der Waals surface area contributed by atoms with Crippen molar-refractivity contribution in [3.05, 3.63) is 54.1 Å². The van der Waals surface area contributed by atoms with Gasteiger partial charge in [0.1, 0.15) is 5.75 Å². The van der Waals surface area contributed by atoms with Gasteiger partial charge >= 0.3 is 11.8 Å². The lowest BCUT2D eigenvalue weighted by atomic mass is 10.1. The van der Waals surface area contributed by atoms with E-state index < -0.39 is 11.8 Å². The molecule has 2 aromatic carbocycles. The largest absolute Gasteiger partial charge is 0.497 e. The van der Waals surface area contributed by atoms with E-state index in [1.807, 2.05) is 42.5 Å². The van der Waals surface area contributed by atoms with E-state index in [0.29, 0.717) is 31.9 Å². The minimum absolute atomic E-state index is 0.366. The molecule has 0 radical (unpaired) electrons. The molecule has 1 aliphatic heterocycles. The molecule has 1 heterocycles. The second-order valence-electron chi connectivity index (χ2n) is 6.43. The van der Waals surface area contributed by atoms with Crippen molar-refractivity contribution in [3.63, 3.8) is 0 Å². The highest BCUT2D eigenvalue weighted by molar-refractivity contribution is 6.39. The van der Waals surface area contributed by atoms with Crippen molar-refractivity contribution in [2.75, 3.05) is 50.2 Å². The van der Waals surface area contributed by atoms with Gasteiger partial charge < -0.3 is 25.0 Å². The third-order valence-corrected chi connectivity index (χ3v) is 4.54. The molecule has 1 aliphatic rings. The Kier molecular flexibility index (Phi) is 6.86. The average Bonchev–Trinajstić information content (AvgIpc) is 2.75. The molecule has 2 amide bonds. The summed E-state index contributed by atoms with van der Waals surface area (Å²) in [5, 5.41) is 5.38. The second-order valence-corrected chi connectivity index (χ2v) is 6.43. The van der Waals surface area contributed by atoms with E-state index in [1.165, 1.54) is 0 Å². The number of anilines is 2. The smallest absolute Gasteiger partial charge is 0.313 e. The van der Waals surface area contributed by atoms with E-state index in [-0.39, 0.29) is 0 Å². The number of hydrogen-bond donors (Lipinski definition) is 2. The summed E-state index contributed by atoms with van der Waals surface area (Å²) < 4.78 is 10.6. The molecule has 148 valence electrons. The molecule has 0 aromatic heterocycles. The molecule has 0 bridgehead atoms. The summed E-state index contributed by atoms with van der Waals surface area (Å²) in [5.41, 5.74) is 2.54. The molecule has 0 atom stereocenters. The monoisotopic (exact) mass is 383 g/mol. The van der Waals surface area contributed by atoms with E-state index in [0.717, 1.165) is 30.1 Å². The number of nitrogens with zero attached hydrogens (tertiary/aromatic N) is 1. The topological polar surface area (TPSA) is 79.9 Å². The highest BCUT2D eigenvalue weighted by Gasteiger charge is 2.18. The zero-order valence-corrected chi connectivity index (χ0v) is 15.9. The van der Waals surface area contributed by atoms with Crippen LogP contribution in [0, 0.1) is 0 Å². The van der Waals surface area contributed by atoms with Crippen molar-refractivity contribution in [2.24, 2.45) is 0 Å². The lowest BCUT2D eigenvalue weighted by molar-refractivity contribution is -0.136. The first-order valence-corrected chi connectivity index (χ1v) is 9.31. The number of nitrogens with one attached hydrogen (secondary N) is 2.